The molecule has 1 N–H and O–H groups in total. The van der Waals surface area contributed by atoms with Crippen molar-refractivity contribution in [3.63, 3.8) is 0 Å². The summed E-state index contributed by atoms with van der Waals surface area (Å²) in [5.41, 5.74) is 4.74. The largest absolute Gasteiger partial charge is 0.356 e. The molecule has 0 aromatic carbocycles. The molecular weight excluding hydrogens is 208 g/mol. The summed E-state index contributed by atoms with van der Waals surface area (Å²) < 4.78 is 0. The molecule has 0 unspecified atom stereocenters. The molecule has 2 rings (SSSR count). The van der Waals surface area contributed by atoms with Crippen molar-refractivity contribution in [2.45, 2.75) is 33.6 Å². The van der Waals surface area contributed by atoms with Crippen LogP contribution in [-0.2, 0) is 6.42 Å². The van der Waals surface area contributed by atoms with Gasteiger partial charge in [-0.15, -0.1) is 0 Å². The topological polar surface area (TPSA) is 28.7 Å². The lowest BCUT2D eigenvalue weighted by molar-refractivity contribution is 0.922. The fourth-order valence-electron chi connectivity index (χ4n) is 2.00. The number of pyridine rings is 1. The molecule has 0 amide bonds. The Bertz CT molecular complexity index is 500. The van der Waals surface area contributed by atoms with Crippen molar-refractivity contribution in [2.24, 2.45) is 0 Å². The number of rotatable bonds is 2. The molecule has 0 bridgehead atoms. The predicted octanol–water partition coefficient (Wildman–Crippen LogP) is 3.79. The standard InChI is InChI=1S/C12H15ClN2/c1-4-5-9-6-14-12(13)11-10(9)7(2)8(3)15-11/h6,15H,4-5H2,1-3H3. The second-order valence-corrected chi connectivity index (χ2v) is 4.31. The number of halogens is 1. The second kappa shape index (κ2) is 3.86. The van der Waals surface area contributed by atoms with E-state index in [-0.39, 0.29) is 0 Å². The van der Waals surface area contributed by atoms with Gasteiger partial charge in [-0.25, -0.2) is 4.98 Å². The smallest absolute Gasteiger partial charge is 0.153 e. The van der Waals surface area contributed by atoms with Gasteiger partial charge in [0.1, 0.15) is 0 Å². The minimum absolute atomic E-state index is 0.570. The molecule has 0 radical (unpaired) electrons. The van der Waals surface area contributed by atoms with E-state index in [2.05, 4.69) is 30.7 Å². The van der Waals surface area contributed by atoms with Crippen molar-refractivity contribution in [2.75, 3.05) is 0 Å². The minimum atomic E-state index is 0.570. The van der Waals surface area contributed by atoms with E-state index in [1.807, 2.05) is 6.20 Å². The summed E-state index contributed by atoms with van der Waals surface area (Å²) >= 11 is 6.07. The molecule has 15 heavy (non-hydrogen) atoms. The Kier molecular flexibility index (Phi) is 2.70. The van der Waals surface area contributed by atoms with Gasteiger partial charge in [-0.2, -0.15) is 0 Å². The highest BCUT2D eigenvalue weighted by Gasteiger charge is 2.12. The maximum atomic E-state index is 6.07. The molecule has 0 atom stereocenters. The van der Waals surface area contributed by atoms with Crippen LogP contribution in [0.3, 0.4) is 0 Å². The van der Waals surface area contributed by atoms with Crippen molar-refractivity contribution < 1.29 is 0 Å². The van der Waals surface area contributed by atoms with Gasteiger partial charge >= 0.3 is 0 Å². The number of nitrogens with zero attached hydrogens (tertiary/aromatic N) is 1. The monoisotopic (exact) mass is 222 g/mol. The number of aryl methyl sites for hydroxylation is 3. The summed E-state index contributed by atoms with van der Waals surface area (Å²) in [6.07, 6.45) is 4.08. The third kappa shape index (κ3) is 1.63. The molecule has 0 spiro atoms. The van der Waals surface area contributed by atoms with Crippen molar-refractivity contribution in [1.29, 1.82) is 0 Å². The maximum Gasteiger partial charge on any atom is 0.153 e. The number of hydrogen-bond acceptors (Lipinski definition) is 1. The Morgan fingerprint density at radius 3 is 2.80 bits per heavy atom. The van der Waals surface area contributed by atoms with Gasteiger partial charge in [0.2, 0.25) is 0 Å². The third-order valence-electron chi connectivity index (χ3n) is 2.88. The summed E-state index contributed by atoms with van der Waals surface area (Å²) in [5.74, 6) is 0. The molecule has 0 aliphatic heterocycles. The molecule has 0 fully saturated rings. The molecule has 2 aromatic heterocycles. The van der Waals surface area contributed by atoms with Crippen molar-refractivity contribution in [3.05, 3.63) is 28.2 Å². The first-order valence-electron chi connectivity index (χ1n) is 5.27. The number of H-pyrrole nitrogens is 1. The van der Waals surface area contributed by atoms with Crippen LogP contribution in [-0.4, -0.2) is 9.97 Å². The molecule has 80 valence electrons. The fourth-order valence-corrected chi connectivity index (χ4v) is 2.19. The van der Waals surface area contributed by atoms with Crippen LogP contribution < -0.4 is 0 Å². The molecule has 3 heteroatoms. The van der Waals surface area contributed by atoms with E-state index in [0.717, 1.165) is 18.4 Å². The average molecular weight is 223 g/mol. The Hall–Kier alpha value is -1.02. The first-order chi connectivity index (χ1) is 7.15. The molecule has 0 saturated carbocycles. The first kappa shape index (κ1) is 10.5. The van der Waals surface area contributed by atoms with E-state index >= 15 is 0 Å². The number of hydrogen-bond donors (Lipinski definition) is 1. The van der Waals surface area contributed by atoms with Crippen molar-refractivity contribution in [1.82, 2.24) is 9.97 Å². The van der Waals surface area contributed by atoms with Crippen LogP contribution in [0.15, 0.2) is 6.20 Å². The Morgan fingerprint density at radius 1 is 1.40 bits per heavy atom. The van der Waals surface area contributed by atoms with Crippen LogP contribution in [0, 0.1) is 13.8 Å². The zero-order chi connectivity index (χ0) is 11.0. The predicted molar refractivity (Wildman–Crippen MR) is 64.6 cm³/mol. The summed E-state index contributed by atoms with van der Waals surface area (Å²) in [6.45, 7) is 6.38. The zero-order valence-corrected chi connectivity index (χ0v) is 10.1. The fraction of sp³-hybridized carbons (Fsp3) is 0.417. The lowest BCUT2D eigenvalue weighted by Gasteiger charge is -2.03. The van der Waals surface area contributed by atoms with Crippen LogP contribution in [0.4, 0.5) is 0 Å². The molecule has 2 nitrogen and oxygen atoms in total. The lowest BCUT2D eigenvalue weighted by atomic mass is 10.0. The van der Waals surface area contributed by atoms with Crippen LogP contribution in [0.2, 0.25) is 5.15 Å². The Morgan fingerprint density at radius 2 is 2.13 bits per heavy atom. The van der Waals surface area contributed by atoms with Crippen LogP contribution in [0.25, 0.3) is 10.9 Å². The highest BCUT2D eigenvalue weighted by Crippen LogP contribution is 2.29. The van der Waals surface area contributed by atoms with E-state index < -0.39 is 0 Å². The van der Waals surface area contributed by atoms with Gasteiger partial charge in [-0.3, -0.25) is 0 Å². The molecule has 2 aromatic rings. The van der Waals surface area contributed by atoms with Crippen molar-refractivity contribution in [3.8, 4) is 0 Å². The normalized spacial score (nSPS) is 11.2. The van der Waals surface area contributed by atoms with Crippen molar-refractivity contribution >= 4 is 22.5 Å². The van der Waals surface area contributed by atoms with Gasteiger partial charge in [-0.05, 0) is 31.4 Å². The molecule has 0 saturated heterocycles. The highest BCUT2D eigenvalue weighted by molar-refractivity contribution is 6.34. The first-order valence-corrected chi connectivity index (χ1v) is 5.65. The van der Waals surface area contributed by atoms with Crippen LogP contribution in [0.5, 0.6) is 0 Å². The molecular formula is C12H15ClN2. The quantitative estimate of drug-likeness (QED) is 0.770. The number of aromatic nitrogens is 2. The number of aromatic amines is 1. The van der Waals surface area contributed by atoms with Gasteiger partial charge < -0.3 is 4.98 Å². The minimum Gasteiger partial charge on any atom is -0.356 e. The Labute approximate surface area is 94.7 Å². The van der Waals surface area contributed by atoms with E-state index in [0.29, 0.717) is 5.15 Å². The van der Waals surface area contributed by atoms with E-state index in [9.17, 15) is 0 Å². The van der Waals surface area contributed by atoms with Gasteiger partial charge in [0, 0.05) is 17.3 Å². The van der Waals surface area contributed by atoms with Gasteiger partial charge in [0.25, 0.3) is 0 Å². The number of fused-ring (bicyclic) bond motifs is 1. The molecule has 0 aliphatic rings. The second-order valence-electron chi connectivity index (χ2n) is 3.95. The zero-order valence-electron chi connectivity index (χ0n) is 9.32. The van der Waals surface area contributed by atoms with Gasteiger partial charge in [0.05, 0.1) is 5.52 Å². The maximum absolute atomic E-state index is 6.07. The third-order valence-corrected chi connectivity index (χ3v) is 3.17. The van der Waals surface area contributed by atoms with E-state index in [4.69, 9.17) is 11.6 Å². The highest BCUT2D eigenvalue weighted by atomic mass is 35.5. The van der Waals surface area contributed by atoms with E-state index in [1.165, 1.54) is 22.2 Å². The van der Waals surface area contributed by atoms with Crippen LogP contribution in [0.1, 0.15) is 30.2 Å². The average Bonchev–Trinajstić information content (AvgIpc) is 2.50. The summed E-state index contributed by atoms with van der Waals surface area (Å²) in [4.78, 5) is 7.51. The van der Waals surface area contributed by atoms with E-state index in [1.54, 1.807) is 0 Å². The molecule has 2 heterocycles. The summed E-state index contributed by atoms with van der Waals surface area (Å²) in [7, 11) is 0. The molecule has 0 aliphatic carbocycles. The van der Waals surface area contributed by atoms with Gasteiger partial charge in [0.15, 0.2) is 5.15 Å². The SMILES string of the molecule is CCCc1cnc(Cl)c2[nH]c(C)c(C)c12. The van der Waals surface area contributed by atoms with Gasteiger partial charge in [-0.1, -0.05) is 24.9 Å². The number of nitrogens with one attached hydrogen (secondary N) is 1. The Balaban J connectivity index is 2.78. The lowest BCUT2D eigenvalue weighted by Crippen LogP contribution is -1.89. The summed E-state index contributed by atoms with van der Waals surface area (Å²) in [6, 6.07) is 0. The summed E-state index contributed by atoms with van der Waals surface area (Å²) in [5, 5.41) is 1.83. The van der Waals surface area contributed by atoms with Crippen LogP contribution >= 0.6 is 11.6 Å².